The van der Waals surface area contributed by atoms with Gasteiger partial charge < -0.3 is 16.4 Å². The molecule has 1 saturated carbocycles. The first-order valence-electron chi connectivity index (χ1n) is 7.02. The first-order chi connectivity index (χ1) is 9.10. The maximum atomic E-state index is 11.8. The molecule has 0 aliphatic heterocycles. The van der Waals surface area contributed by atoms with Gasteiger partial charge in [0.15, 0.2) is 0 Å². The number of nitrogen functional groups attached to an aromatic ring is 1. The number of hydrogen-bond donors (Lipinski definition) is 3. The molecule has 0 radical (unpaired) electrons. The van der Waals surface area contributed by atoms with E-state index in [-0.39, 0.29) is 5.91 Å². The van der Waals surface area contributed by atoms with Gasteiger partial charge in [0, 0.05) is 18.7 Å². The Kier molecular flexibility index (Phi) is 3.98. The van der Waals surface area contributed by atoms with Gasteiger partial charge in [-0.15, -0.1) is 0 Å². The predicted octanol–water partition coefficient (Wildman–Crippen LogP) is 2.62. The lowest BCUT2D eigenvalue weighted by Gasteiger charge is -2.16. The summed E-state index contributed by atoms with van der Waals surface area (Å²) in [4.78, 5) is 11.8. The fraction of sp³-hybridized carbons (Fsp3) is 0.533. The molecule has 4 heteroatoms. The van der Waals surface area contributed by atoms with Crippen LogP contribution in [0.25, 0.3) is 0 Å². The molecule has 0 saturated heterocycles. The van der Waals surface area contributed by atoms with Gasteiger partial charge in [0.05, 0.1) is 11.4 Å². The lowest BCUT2D eigenvalue weighted by Crippen LogP contribution is -2.23. The van der Waals surface area contributed by atoms with Crippen molar-refractivity contribution in [2.75, 3.05) is 24.1 Å². The van der Waals surface area contributed by atoms with Crippen LogP contribution in [0.4, 0.5) is 11.4 Å². The Labute approximate surface area is 114 Å². The van der Waals surface area contributed by atoms with Crippen molar-refractivity contribution in [1.29, 1.82) is 0 Å². The van der Waals surface area contributed by atoms with Crippen LogP contribution in [-0.2, 0) is 0 Å². The number of carbonyl (C=O) groups excluding carboxylic acids is 1. The van der Waals surface area contributed by atoms with Crippen LogP contribution < -0.4 is 16.4 Å². The van der Waals surface area contributed by atoms with Crippen LogP contribution in [0.15, 0.2) is 18.2 Å². The number of benzene rings is 1. The summed E-state index contributed by atoms with van der Waals surface area (Å²) in [6.45, 7) is 5.70. The minimum absolute atomic E-state index is 0.0535. The van der Waals surface area contributed by atoms with Crippen LogP contribution in [-0.4, -0.2) is 19.0 Å². The number of rotatable bonds is 6. The van der Waals surface area contributed by atoms with Crippen LogP contribution in [0, 0.1) is 5.41 Å². The van der Waals surface area contributed by atoms with E-state index in [0.717, 1.165) is 12.2 Å². The van der Waals surface area contributed by atoms with Crippen molar-refractivity contribution < 1.29 is 4.79 Å². The highest BCUT2D eigenvalue weighted by molar-refractivity contribution is 5.96. The van der Waals surface area contributed by atoms with Gasteiger partial charge in [-0.25, -0.2) is 0 Å². The zero-order chi connectivity index (χ0) is 13.9. The van der Waals surface area contributed by atoms with E-state index in [9.17, 15) is 4.79 Å². The molecule has 2 rings (SSSR count). The predicted molar refractivity (Wildman–Crippen MR) is 79.3 cm³/mol. The van der Waals surface area contributed by atoms with Crippen molar-refractivity contribution in [2.24, 2.45) is 5.41 Å². The summed E-state index contributed by atoms with van der Waals surface area (Å²) in [6, 6.07) is 5.39. The number of hydrogen-bond acceptors (Lipinski definition) is 3. The van der Waals surface area contributed by atoms with E-state index in [1.165, 1.54) is 19.3 Å². The first kappa shape index (κ1) is 13.7. The Morgan fingerprint density at radius 2 is 2.11 bits per heavy atom. The quantitative estimate of drug-likeness (QED) is 0.690. The molecule has 1 fully saturated rings. The van der Waals surface area contributed by atoms with Crippen LogP contribution in [0.1, 0.15) is 43.5 Å². The summed E-state index contributed by atoms with van der Waals surface area (Å²) in [5.74, 6) is -0.0535. The third-order valence-electron chi connectivity index (χ3n) is 4.01. The molecule has 0 atom stereocenters. The zero-order valence-electron chi connectivity index (χ0n) is 11.8. The monoisotopic (exact) mass is 261 g/mol. The van der Waals surface area contributed by atoms with Gasteiger partial charge in [-0.1, -0.05) is 6.92 Å². The molecule has 0 spiro atoms. The highest BCUT2D eigenvalue weighted by Gasteiger charge is 2.40. The maximum Gasteiger partial charge on any atom is 0.251 e. The molecule has 0 unspecified atom stereocenters. The number of carbonyl (C=O) groups is 1. The van der Waals surface area contributed by atoms with E-state index in [1.54, 1.807) is 12.1 Å². The molecule has 19 heavy (non-hydrogen) atoms. The lowest BCUT2D eigenvalue weighted by molar-refractivity contribution is 0.0956. The molecule has 0 heterocycles. The number of anilines is 2. The number of nitrogens with one attached hydrogen (secondary N) is 2. The van der Waals surface area contributed by atoms with Gasteiger partial charge in [-0.3, -0.25) is 4.79 Å². The molecule has 1 aromatic carbocycles. The normalized spacial score (nSPS) is 15.9. The van der Waals surface area contributed by atoms with Gasteiger partial charge in [0.25, 0.3) is 5.91 Å². The smallest absolute Gasteiger partial charge is 0.251 e. The van der Waals surface area contributed by atoms with Crippen molar-refractivity contribution >= 4 is 17.3 Å². The Balaban J connectivity index is 2.06. The highest BCUT2D eigenvalue weighted by Crippen LogP contribution is 2.48. The average molecular weight is 261 g/mol. The van der Waals surface area contributed by atoms with Crippen LogP contribution in [0.2, 0.25) is 0 Å². The molecule has 4 N–H and O–H groups in total. The van der Waals surface area contributed by atoms with Gasteiger partial charge in [0.1, 0.15) is 0 Å². The summed E-state index contributed by atoms with van der Waals surface area (Å²) < 4.78 is 0. The summed E-state index contributed by atoms with van der Waals surface area (Å²) in [5.41, 5.74) is 8.62. The van der Waals surface area contributed by atoms with Crippen molar-refractivity contribution in [3.63, 3.8) is 0 Å². The molecule has 104 valence electrons. The van der Waals surface area contributed by atoms with Gasteiger partial charge >= 0.3 is 0 Å². The topological polar surface area (TPSA) is 67.2 Å². The Morgan fingerprint density at radius 3 is 2.68 bits per heavy atom. The SMILES string of the molecule is CCNC(=O)c1ccc(N)c(NCC2(CC)CC2)c1. The van der Waals surface area contributed by atoms with Crippen LogP contribution >= 0.6 is 0 Å². The second kappa shape index (κ2) is 5.51. The summed E-state index contributed by atoms with van der Waals surface area (Å²) >= 11 is 0. The molecular weight excluding hydrogens is 238 g/mol. The van der Waals surface area contributed by atoms with E-state index in [1.807, 2.05) is 13.0 Å². The van der Waals surface area contributed by atoms with Crippen LogP contribution in [0.5, 0.6) is 0 Å². The van der Waals surface area contributed by atoms with Crippen molar-refractivity contribution in [2.45, 2.75) is 33.1 Å². The molecule has 4 nitrogen and oxygen atoms in total. The van der Waals surface area contributed by atoms with Gasteiger partial charge in [-0.05, 0) is 49.8 Å². The molecule has 0 bridgehead atoms. The Hall–Kier alpha value is -1.71. The zero-order valence-corrected chi connectivity index (χ0v) is 11.8. The van der Waals surface area contributed by atoms with Crippen LogP contribution in [0.3, 0.4) is 0 Å². The van der Waals surface area contributed by atoms with E-state index in [0.29, 0.717) is 23.2 Å². The molecule has 1 amide bonds. The number of nitrogens with two attached hydrogens (primary N) is 1. The Morgan fingerprint density at radius 1 is 1.37 bits per heavy atom. The van der Waals surface area contributed by atoms with E-state index in [4.69, 9.17) is 5.73 Å². The maximum absolute atomic E-state index is 11.8. The summed E-state index contributed by atoms with van der Waals surface area (Å²) in [5, 5.41) is 6.20. The van der Waals surface area contributed by atoms with E-state index in [2.05, 4.69) is 17.6 Å². The molecule has 1 aliphatic carbocycles. The lowest BCUT2D eigenvalue weighted by atomic mass is 10.0. The molecule has 0 aromatic heterocycles. The second-order valence-corrected chi connectivity index (χ2v) is 5.37. The fourth-order valence-electron chi connectivity index (χ4n) is 2.23. The largest absolute Gasteiger partial charge is 0.397 e. The first-order valence-corrected chi connectivity index (χ1v) is 7.02. The van der Waals surface area contributed by atoms with Gasteiger partial charge in [0.2, 0.25) is 0 Å². The standard InChI is InChI=1S/C15H23N3O/c1-3-15(7-8-15)10-18-13-9-11(5-6-12(13)16)14(19)17-4-2/h5-6,9,18H,3-4,7-8,10,16H2,1-2H3,(H,17,19). The Bertz CT molecular complexity index is 466. The minimum Gasteiger partial charge on any atom is -0.397 e. The van der Waals surface area contributed by atoms with Gasteiger partial charge in [-0.2, -0.15) is 0 Å². The van der Waals surface area contributed by atoms with Crippen molar-refractivity contribution in [3.8, 4) is 0 Å². The third kappa shape index (κ3) is 3.19. The molecular formula is C15H23N3O. The molecule has 1 aliphatic rings. The highest BCUT2D eigenvalue weighted by atomic mass is 16.1. The number of amides is 1. The summed E-state index contributed by atoms with van der Waals surface area (Å²) in [6.07, 6.45) is 3.76. The van der Waals surface area contributed by atoms with Crippen molar-refractivity contribution in [3.05, 3.63) is 23.8 Å². The summed E-state index contributed by atoms with van der Waals surface area (Å²) in [7, 11) is 0. The van der Waals surface area contributed by atoms with E-state index < -0.39 is 0 Å². The average Bonchev–Trinajstić information content (AvgIpc) is 3.19. The molecule has 1 aromatic rings. The van der Waals surface area contributed by atoms with E-state index >= 15 is 0 Å². The third-order valence-corrected chi connectivity index (χ3v) is 4.01. The van der Waals surface area contributed by atoms with Crippen molar-refractivity contribution in [1.82, 2.24) is 5.32 Å². The fourth-order valence-corrected chi connectivity index (χ4v) is 2.23. The second-order valence-electron chi connectivity index (χ2n) is 5.37. The minimum atomic E-state index is -0.0535.